The Morgan fingerprint density at radius 3 is 2.87 bits per heavy atom. The van der Waals surface area contributed by atoms with Crippen molar-refractivity contribution in [3.63, 3.8) is 0 Å². The molecule has 0 aliphatic carbocycles. The number of anilines is 1. The number of benzene rings is 2. The standard InChI is InChI=1S/C16H14BrN3O2S/c1-2-14-19-20-16(23-14)18-13(21)9-22-12-8-7-10-5-3-4-6-11(10)15(12)17/h3-8H,2,9H2,1H3,(H,18,20,21). The molecule has 0 saturated carbocycles. The van der Waals surface area contributed by atoms with Crippen LogP contribution in [0.5, 0.6) is 5.75 Å². The molecule has 0 unspecified atom stereocenters. The van der Waals surface area contributed by atoms with E-state index in [1.54, 1.807) is 0 Å². The Bertz CT molecular complexity index is 850. The van der Waals surface area contributed by atoms with E-state index >= 15 is 0 Å². The van der Waals surface area contributed by atoms with Crippen molar-refractivity contribution in [1.82, 2.24) is 10.2 Å². The highest BCUT2D eigenvalue weighted by molar-refractivity contribution is 9.10. The van der Waals surface area contributed by atoms with Gasteiger partial charge in [-0.05, 0) is 39.2 Å². The third-order valence-corrected chi connectivity index (χ3v) is 5.00. The van der Waals surface area contributed by atoms with Gasteiger partial charge in [0.2, 0.25) is 5.13 Å². The number of hydrogen-bond donors (Lipinski definition) is 1. The van der Waals surface area contributed by atoms with E-state index in [2.05, 4.69) is 31.4 Å². The number of carbonyl (C=O) groups is 1. The van der Waals surface area contributed by atoms with E-state index in [1.165, 1.54) is 11.3 Å². The molecule has 7 heteroatoms. The molecule has 3 rings (SSSR count). The zero-order valence-electron chi connectivity index (χ0n) is 12.4. The van der Waals surface area contributed by atoms with Crippen LogP contribution in [0.4, 0.5) is 5.13 Å². The largest absolute Gasteiger partial charge is 0.483 e. The lowest BCUT2D eigenvalue weighted by molar-refractivity contribution is -0.118. The van der Waals surface area contributed by atoms with Crippen LogP contribution in [0.2, 0.25) is 0 Å². The van der Waals surface area contributed by atoms with Crippen molar-refractivity contribution in [3.8, 4) is 5.75 Å². The van der Waals surface area contributed by atoms with Crippen molar-refractivity contribution in [2.24, 2.45) is 0 Å². The van der Waals surface area contributed by atoms with Crippen LogP contribution in [-0.2, 0) is 11.2 Å². The minimum absolute atomic E-state index is 0.0853. The molecule has 0 radical (unpaired) electrons. The highest BCUT2D eigenvalue weighted by Crippen LogP contribution is 2.33. The SMILES string of the molecule is CCc1nnc(NC(=O)COc2ccc3ccccc3c2Br)s1. The Morgan fingerprint density at radius 1 is 1.26 bits per heavy atom. The van der Waals surface area contributed by atoms with Crippen molar-refractivity contribution in [2.75, 3.05) is 11.9 Å². The maximum absolute atomic E-state index is 11.9. The van der Waals surface area contributed by atoms with Gasteiger partial charge >= 0.3 is 0 Å². The second kappa shape index (κ2) is 7.06. The Kier molecular flexibility index (Phi) is 4.88. The van der Waals surface area contributed by atoms with E-state index in [0.717, 1.165) is 26.7 Å². The molecule has 0 atom stereocenters. The summed E-state index contributed by atoms with van der Waals surface area (Å²) < 4.78 is 6.45. The second-order valence-electron chi connectivity index (χ2n) is 4.79. The van der Waals surface area contributed by atoms with Gasteiger partial charge in [-0.25, -0.2) is 0 Å². The molecule has 1 aromatic heterocycles. The summed E-state index contributed by atoms with van der Waals surface area (Å²) in [5.41, 5.74) is 0. The predicted octanol–water partition coefficient (Wildman–Crippen LogP) is 4.03. The number of nitrogens with zero attached hydrogens (tertiary/aromatic N) is 2. The number of rotatable bonds is 5. The molecule has 0 bridgehead atoms. The number of aryl methyl sites for hydroxylation is 1. The van der Waals surface area contributed by atoms with Crippen molar-refractivity contribution in [1.29, 1.82) is 0 Å². The first-order valence-corrected chi connectivity index (χ1v) is 8.70. The van der Waals surface area contributed by atoms with E-state index in [9.17, 15) is 4.79 Å². The number of amides is 1. The Hall–Kier alpha value is -1.99. The molecule has 0 saturated heterocycles. The maximum Gasteiger partial charge on any atom is 0.264 e. The van der Waals surface area contributed by atoms with E-state index < -0.39 is 0 Å². The molecule has 1 heterocycles. The summed E-state index contributed by atoms with van der Waals surface area (Å²) in [5, 5.41) is 14.1. The lowest BCUT2D eigenvalue weighted by Crippen LogP contribution is -2.20. The molecular weight excluding hydrogens is 378 g/mol. The molecule has 3 aromatic rings. The smallest absolute Gasteiger partial charge is 0.264 e. The first kappa shape index (κ1) is 15.9. The third kappa shape index (κ3) is 3.68. The number of hydrogen-bond acceptors (Lipinski definition) is 5. The van der Waals surface area contributed by atoms with Crippen molar-refractivity contribution in [3.05, 3.63) is 45.9 Å². The van der Waals surface area contributed by atoms with Crippen LogP contribution in [0.15, 0.2) is 40.9 Å². The molecule has 0 aliphatic heterocycles. The van der Waals surface area contributed by atoms with Crippen LogP contribution in [0, 0.1) is 0 Å². The molecule has 118 valence electrons. The number of aromatic nitrogens is 2. The van der Waals surface area contributed by atoms with Gasteiger partial charge in [-0.15, -0.1) is 10.2 Å². The van der Waals surface area contributed by atoms with Crippen LogP contribution >= 0.6 is 27.3 Å². The van der Waals surface area contributed by atoms with Gasteiger partial charge in [0.1, 0.15) is 10.8 Å². The highest BCUT2D eigenvalue weighted by Gasteiger charge is 2.10. The zero-order valence-corrected chi connectivity index (χ0v) is 14.8. The lowest BCUT2D eigenvalue weighted by atomic mass is 10.1. The van der Waals surface area contributed by atoms with Gasteiger partial charge in [0.25, 0.3) is 5.91 Å². The average Bonchev–Trinajstić information content (AvgIpc) is 3.02. The van der Waals surface area contributed by atoms with Crippen molar-refractivity contribution >= 4 is 49.1 Å². The summed E-state index contributed by atoms with van der Waals surface area (Å²) in [5.74, 6) is 0.370. The lowest BCUT2D eigenvalue weighted by Gasteiger charge is -2.09. The average molecular weight is 392 g/mol. The minimum Gasteiger partial charge on any atom is -0.483 e. The molecule has 23 heavy (non-hydrogen) atoms. The van der Waals surface area contributed by atoms with Gasteiger partial charge in [-0.3, -0.25) is 10.1 Å². The third-order valence-electron chi connectivity index (χ3n) is 3.20. The van der Waals surface area contributed by atoms with Crippen molar-refractivity contribution < 1.29 is 9.53 Å². The van der Waals surface area contributed by atoms with Crippen LogP contribution < -0.4 is 10.1 Å². The molecule has 0 fully saturated rings. The molecule has 1 amide bonds. The van der Waals surface area contributed by atoms with E-state index in [-0.39, 0.29) is 12.5 Å². The Balaban J connectivity index is 1.65. The van der Waals surface area contributed by atoms with Crippen molar-refractivity contribution in [2.45, 2.75) is 13.3 Å². The van der Waals surface area contributed by atoms with Crippen LogP contribution in [0.25, 0.3) is 10.8 Å². The summed E-state index contributed by atoms with van der Waals surface area (Å²) >= 11 is 4.90. The summed E-state index contributed by atoms with van der Waals surface area (Å²) in [7, 11) is 0. The van der Waals surface area contributed by atoms with Gasteiger partial charge in [-0.2, -0.15) is 0 Å². The Labute approximate surface area is 145 Å². The predicted molar refractivity (Wildman–Crippen MR) is 95.1 cm³/mol. The number of carbonyl (C=O) groups excluding carboxylic acids is 1. The van der Waals surface area contributed by atoms with E-state index in [1.807, 2.05) is 43.3 Å². The number of nitrogens with one attached hydrogen (secondary N) is 1. The summed E-state index contributed by atoms with van der Waals surface area (Å²) in [6, 6.07) is 11.8. The summed E-state index contributed by atoms with van der Waals surface area (Å²) in [6.45, 7) is 1.91. The fourth-order valence-corrected chi connectivity index (χ4v) is 3.37. The van der Waals surface area contributed by atoms with Gasteiger partial charge in [0.05, 0.1) is 4.47 Å². The van der Waals surface area contributed by atoms with E-state index in [4.69, 9.17) is 4.74 Å². The molecule has 1 N–H and O–H groups in total. The molecule has 2 aromatic carbocycles. The molecule has 0 spiro atoms. The molecular formula is C16H14BrN3O2S. The fourth-order valence-electron chi connectivity index (χ4n) is 2.07. The summed E-state index contributed by atoms with van der Waals surface area (Å²) in [6.07, 6.45) is 0.800. The van der Waals surface area contributed by atoms with Crippen LogP contribution in [0.1, 0.15) is 11.9 Å². The van der Waals surface area contributed by atoms with Gasteiger partial charge in [-0.1, -0.05) is 48.6 Å². The first-order valence-electron chi connectivity index (χ1n) is 7.09. The maximum atomic E-state index is 11.9. The number of fused-ring (bicyclic) bond motifs is 1. The quantitative estimate of drug-likeness (QED) is 0.712. The zero-order chi connectivity index (χ0) is 16.2. The minimum atomic E-state index is -0.260. The summed E-state index contributed by atoms with van der Waals surface area (Å²) in [4.78, 5) is 11.9. The first-order chi connectivity index (χ1) is 11.2. The van der Waals surface area contributed by atoms with Gasteiger partial charge in [0.15, 0.2) is 6.61 Å². The molecule has 5 nitrogen and oxygen atoms in total. The Morgan fingerprint density at radius 2 is 2.09 bits per heavy atom. The monoisotopic (exact) mass is 391 g/mol. The van der Waals surface area contributed by atoms with Gasteiger partial charge < -0.3 is 4.74 Å². The van der Waals surface area contributed by atoms with Crippen LogP contribution in [0.3, 0.4) is 0 Å². The second-order valence-corrected chi connectivity index (χ2v) is 6.65. The molecule has 0 aliphatic rings. The fraction of sp³-hybridized carbons (Fsp3) is 0.188. The normalized spacial score (nSPS) is 10.7. The van der Waals surface area contributed by atoms with Gasteiger partial charge in [0, 0.05) is 0 Å². The topological polar surface area (TPSA) is 64.1 Å². The highest BCUT2D eigenvalue weighted by atomic mass is 79.9. The number of ether oxygens (including phenoxy) is 1. The van der Waals surface area contributed by atoms with Crippen LogP contribution in [-0.4, -0.2) is 22.7 Å². The number of halogens is 1. The van der Waals surface area contributed by atoms with E-state index in [0.29, 0.717) is 10.9 Å².